The lowest BCUT2D eigenvalue weighted by molar-refractivity contribution is 0.0159. The summed E-state index contributed by atoms with van der Waals surface area (Å²) in [5.74, 6) is -0.338. The monoisotopic (exact) mass is 160 g/mol. The summed E-state index contributed by atoms with van der Waals surface area (Å²) >= 11 is 0. The number of ether oxygens (including phenoxy) is 1. The Hall–Kier alpha value is -0.0951. The second-order valence-corrected chi connectivity index (χ2v) is 2.90. The van der Waals surface area contributed by atoms with Crippen LogP contribution in [0.25, 0.3) is 0 Å². The minimum atomic E-state index is -0.655. The molecule has 2 unspecified atom stereocenters. The highest BCUT2D eigenvalue weighted by atomic mass is 16.5. The number of rotatable bonds is 2. The normalized spacial score (nSPS) is 44.6. The van der Waals surface area contributed by atoms with Crippen LogP contribution in [0.2, 0.25) is 0 Å². The molecule has 0 aromatic heterocycles. The predicted molar refractivity (Wildman–Crippen MR) is 40.9 cm³/mol. The van der Waals surface area contributed by atoms with Crippen molar-refractivity contribution in [3.8, 4) is 0 Å². The van der Waals surface area contributed by atoms with E-state index in [9.17, 15) is 5.11 Å². The molecule has 4 atom stereocenters. The van der Waals surface area contributed by atoms with Gasteiger partial charge in [0.15, 0.2) is 0 Å². The zero-order valence-corrected chi connectivity index (χ0v) is 6.47. The van der Waals surface area contributed by atoms with Crippen molar-refractivity contribution in [1.29, 1.82) is 0 Å². The fourth-order valence-corrected chi connectivity index (χ4v) is 1.43. The van der Waals surface area contributed by atoms with Gasteiger partial charge < -0.3 is 20.1 Å². The molecule has 1 fully saturated rings. The molecule has 0 radical (unpaired) electrons. The van der Waals surface area contributed by atoms with Crippen LogP contribution in [-0.4, -0.2) is 54.6 Å². The lowest BCUT2D eigenvalue weighted by Gasteiger charge is -2.14. The molecule has 1 heterocycles. The van der Waals surface area contributed by atoms with Crippen molar-refractivity contribution in [2.24, 2.45) is 5.92 Å². The van der Waals surface area contributed by atoms with Crippen LogP contribution in [0, 0.1) is 5.92 Å². The van der Waals surface area contributed by atoms with Crippen molar-refractivity contribution in [3.63, 3.8) is 0 Å². The standard InChI is InChI=1S/C6H13BO4/c7-6-5(10)3(1-8)4(2-9)11-6/h3-6,8-10H,1-2,7H2/t3?,4-,5?,6-/m1/s1. The fraction of sp³-hybridized carbons (Fsp3) is 1.00. The summed E-state index contributed by atoms with van der Waals surface area (Å²) in [5, 5.41) is 26.9. The van der Waals surface area contributed by atoms with Gasteiger partial charge in [-0.05, 0) is 0 Å². The minimum absolute atomic E-state index is 0.142. The Labute approximate surface area is 66.2 Å². The largest absolute Gasteiger partial charge is 0.396 e. The molecule has 1 aliphatic heterocycles. The summed E-state index contributed by atoms with van der Waals surface area (Å²) in [5.41, 5.74) is 0. The molecule has 0 amide bonds. The first-order chi connectivity index (χ1) is 5.20. The summed E-state index contributed by atoms with van der Waals surface area (Å²) < 4.78 is 5.17. The third kappa shape index (κ3) is 1.56. The van der Waals surface area contributed by atoms with Crippen molar-refractivity contribution in [2.75, 3.05) is 13.2 Å². The Kier molecular flexibility index (Phi) is 2.89. The van der Waals surface area contributed by atoms with Crippen LogP contribution in [0.4, 0.5) is 0 Å². The van der Waals surface area contributed by atoms with Gasteiger partial charge in [-0.15, -0.1) is 0 Å². The Morgan fingerprint density at radius 1 is 1.27 bits per heavy atom. The molecule has 11 heavy (non-hydrogen) atoms. The molecule has 3 N–H and O–H groups in total. The van der Waals surface area contributed by atoms with Crippen molar-refractivity contribution < 1.29 is 20.1 Å². The third-order valence-electron chi connectivity index (χ3n) is 2.18. The van der Waals surface area contributed by atoms with E-state index in [1.807, 2.05) is 0 Å². The Bertz CT molecular complexity index is 132. The van der Waals surface area contributed by atoms with Crippen LogP contribution in [0.15, 0.2) is 0 Å². The van der Waals surface area contributed by atoms with Gasteiger partial charge in [-0.3, -0.25) is 0 Å². The number of hydrogen-bond acceptors (Lipinski definition) is 4. The molecule has 0 aromatic carbocycles. The Balaban J connectivity index is 2.57. The van der Waals surface area contributed by atoms with E-state index in [1.165, 1.54) is 0 Å². The molecule has 0 spiro atoms. The third-order valence-corrected chi connectivity index (χ3v) is 2.18. The van der Waals surface area contributed by atoms with Crippen molar-refractivity contribution >= 4 is 7.85 Å². The van der Waals surface area contributed by atoms with E-state index in [0.29, 0.717) is 0 Å². The molecule has 0 aliphatic carbocycles. The van der Waals surface area contributed by atoms with Crippen LogP contribution in [-0.2, 0) is 4.74 Å². The molecule has 5 heteroatoms. The SMILES string of the molecule is B[C@@H]1O[C@H](CO)C(CO)C1O. The Morgan fingerprint density at radius 2 is 1.91 bits per heavy atom. The highest BCUT2D eigenvalue weighted by molar-refractivity contribution is 6.11. The van der Waals surface area contributed by atoms with Gasteiger partial charge in [0.05, 0.1) is 31.4 Å². The van der Waals surface area contributed by atoms with Gasteiger partial charge in [0.2, 0.25) is 0 Å². The van der Waals surface area contributed by atoms with Crippen LogP contribution in [0.3, 0.4) is 0 Å². The van der Waals surface area contributed by atoms with Gasteiger partial charge >= 0.3 is 0 Å². The maximum atomic E-state index is 9.36. The summed E-state index contributed by atoms with van der Waals surface area (Å²) in [6, 6.07) is -0.288. The zero-order valence-electron chi connectivity index (χ0n) is 6.47. The summed E-state index contributed by atoms with van der Waals surface area (Å²) in [4.78, 5) is 0. The average molecular weight is 160 g/mol. The smallest absolute Gasteiger partial charge is 0.142 e. The molecule has 0 bridgehead atoms. The first-order valence-corrected chi connectivity index (χ1v) is 3.76. The molecule has 64 valence electrons. The first-order valence-electron chi connectivity index (χ1n) is 3.76. The van der Waals surface area contributed by atoms with Gasteiger partial charge in [-0.1, -0.05) is 0 Å². The molecular formula is C6H13BO4. The number of aliphatic hydroxyl groups is 3. The maximum absolute atomic E-state index is 9.36. The van der Waals surface area contributed by atoms with E-state index in [-0.39, 0.29) is 25.1 Å². The van der Waals surface area contributed by atoms with Gasteiger partial charge in [-0.25, -0.2) is 0 Å². The molecule has 1 saturated heterocycles. The van der Waals surface area contributed by atoms with Crippen LogP contribution in [0.1, 0.15) is 0 Å². The van der Waals surface area contributed by atoms with E-state index < -0.39 is 12.2 Å². The van der Waals surface area contributed by atoms with Gasteiger partial charge in [-0.2, -0.15) is 0 Å². The van der Waals surface area contributed by atoms with Crippen molar-refractivity contribution in [1.82, 2.24) is 0 Å². The highest BCUT2D eigenvalue weighted by Gasteiger charge is 2.39. The van der Waals surface area contributed by atoms with E-state index in [2.05, 4.69) is 0 Å². The molecule has 4 nitrogen and oxygen atoms in total. The second-order valence-electron chi connectivity index (χ2n) is 2.90. The van der Waals surface area contributed by atoms with Gasteiger partial charge in [0, 0.05) is 5.92 Å². The molecule has 0 aromatic rings. The molecular weight excluding hydrogens is 147 g/mol. The fourth-order valence-electron chi connectivity index (χ4n) is 1.43. The van der Waals surface area contributed by atoms with Crippen LogP contribution < -0.4 is 0 Å². The summed E-state index contributed by atoms with van der Waals surface area (Å²) in [6.45, 7) is -0.288. The minimum Gasteiger partial charge on any atom is -0.396 e. The molecule has 0 saturated carbocycles. The Morgan fingerprint density at radius 3 is 2.27 bits per heavy atom. The van der Waals surface area contributed by atoms with Crippen molar-refractivity contribution in [2.45, 2.75) is 18.2 Å². The first kappa shape index (κ1) is 9.00. The van der Waals surface area contributed by atoms with Gasteiger partial charge in [0.1, 0.15) is 7.85 Å². The summed E-state index contributed by atoms with van der Waals surface area (Å²) in [6.07, 6.45) is -1.07. The molecule has 1 rings (SSSR count). The van der Waals surface area contributed by atoms with E-state index in [4.69, 9.17) is 14.9 Å². The quantitative estimate of drug-likeness (QED) is 0.384. The van der Waals surface area contributed by atoms with E-state index in [0.717, 1.165) is 0 Å². The highest BCUT2D eigenvalue weighted by Crippen LogP contribution is 2.24. The van der Waals surface area contributed by atoms with Crippen molar-refractivity contribution in [3.05, 3.63) is 0 Å². The molecule has 1 aliphatic rings. The number of aliphatic hydroxyl groups excluding tert-OH is 3. The topological polar surface area (TPSA) is 69.9 Å². The second kappa shape index (κ2) is 3.54. The zero-order chi connectivity index (χ0) is 8.43. The lowest BCUT2D eigenvalue weighted by Crippen LogP contribution is -2.31. The summed E-state index contributed by atoms with van der Waals surface area (Å²) in [7, 11) is 1.73. The average Bonchev–Trinajstić information content (AvgIpc) is 2.28. The van der Waals surface area contributed by atoms with E-state index in [1.54, 1.807) is 7.85 Å². The van der Waals surface area contributed by atoms with Crippen LogP contribution >= 0.6 is 0 Å². The maximum Gasteiger partial charge on any atom is 0.142 e. The lowest BCUT2D eigenvalue weighted by atomic mass is 9.88. The van der Waals surface area contributed by atoms with E-state index >= 15 is 0 Å². The van der Waals surface area contributed by atoms with Crippen LogP contribution in [0.5, 0.6) is 0 Å². The number of hydrogen-bond donors (Lipinski definition) is 3. The van der Waals surface area contributed by atoms with Gasteiger partial charge in [0.25, 0.3) is 0 Å². The predicted octanol–water partition coefficient (Wildman–Crippen LogP) is -2.69.